The number of benzene rings is 1. The van der Waals surface area contributed by atoms with Gasteiger partial charge in [-0.15, -0.1) is 0 Å². The first-order valence-corrected chi connectivity index (χ1v) is 6.14. The van der Waals surface area contributed by atoms with Crippen molar-refractivity contribution in [1.82, 2.24) is 0 Å². The molecule has 0 aliphatic heterocycles. The summed E-state index contributed by atoms with van der Waals surface area (Å²) in [5.74, 6) is 0. The van der Waals surface area contributed by atoms with Crippen molar-refractivity contribution in [2.24, 2.45) is 0 Å². The number of nitrogens with two attached hydrogens (primary N) is 1. The Morgan fingerprint density at radius 3 is 2.87 bits per heavy atom. The molecule has 0 radical (unpaired) electrons. The molecule has 3 nitrogen and oxygen atoms in total. The van der Waals surface area contributed by atoms with Crippen LogP contribution >= 0.6 is 22.6 Å². The second kappa shape index (κ2) is 6.17. The molecule has 1 aromatic rings. The minimum atomic E-state index is -0.211. The first-order valence-electron chi connectivity index (χ1n) is 5.06. The van der Waals surface area contributed by atoms with Crippen LogP contribution in [0.1, 0.15) is 19.8 Å². The van der Waals surface area contributed by atoms with E-state index in [1.807, 2.05) is 25.1 Å². The van der Waals surface area contributed by atoms with Crippen molar-refractivity contribution < 1.29 is 5.11 Å². The normalized spacial score (nSPS) is 12.5. The van der Waals surface area contributed by atoms with E-state index in [2.05, 4.69) is 27.9 Å². The van der Waals surface area contributed by atoms with Crippen molar-refractivity contribution in [2.45, 2.75) is 25.9 Å². The zero-order chi connectivity index (χ0) is 11.3. The molecule has 0 aliphatic rings. The van der Waals surface area contributed by atoms with Crippen LogP contribution in [0.5, 0.6) is 0 Å². The molecule has 0 spiro atoms. The van der Waals surface area contributed by atoms with Crippen LogP contribution in [0.2, 0.25) is 0 Å². The highest BCUT2D eigenvalue weighted by atomic mass is 127. The average Bonchev–Trinajstić information content (AvgIpc) is 2.14. The van der Waals surface area contributed by atoms with Gasteiger partial charge in [-0.05, 0) is 60.6 Å². The van der Waals surface area contributed by atoms with E-state index >= 15 is 0 Å². The number of rotatable bonds is 5. The molecule has 4 N–H and O–H groups in total. The second-order valence-corrected chi connectivity index (χ2v) is 4.82. The van der Waals surface area contributed by atoms with Gasteiger partial charge in [0.1, 0.15) is 0 Å². The summed E-state index contributed by atoms with van der Waals surface area (Å²) in [6, 6.07) is 5.82. The van der Waals surface area contributed by atoms with Crippen molar-refractivity contribution in [2.75, 3.05) is 17.6 Å². The molecule has 0 saturated heterocycles. The summed E-state index contributed by atoms with van der Waals surface area (Å²) in [4.78, 5) is 0. The molecule has 15 heavy (non-hydrogen) atoms. The lowest BCUT2D eigenvalue weighted by molar-refractivity contribution is 0.183. The third-order valence-electron chi connectivity index (χ3n) is 2.11. The SMILES string of the molecule is CC(O)CCCNc1ccc(N)cc1I. The number of hydrogen-bond donors (Lipinski definition) is 3. The van der Waals surface area contributed by atoms with E-state index in [1.54, 1.807) is 0 Å². The lowest BCUT2D eigenvalue weighted by Crippen LogP contribution is -2.07. The third kappa shape index (κ3) is 4.70. The van der Waals surface area contributed by atoms with Crippen LogP contribution in [0.4, 0.5) is 11.4 Å². The highest BCUT2D eigenvalue weighted by Crippen LogP contribution is 2.20. The molecular weight excluding hydrogens is 303 g/mol. The molecule has 1 aromatic carbocycles. The maximum Gasteiger partial charge on any atom is 0.0512 e. The largest absolute Gasteiger partial charge is 0.399 e. The van der Waals surface area contributed by atoms with Crippen LogP contribution in [0.3, 0.4) is 0 Å². The number of nitrogens with one attached hydrogen (secondary N) is 1. The smallest absolute Gasteiger partial charge is 0.0512 e. The van der Waals surface area contributed by atoms with Gasteiger partial charge in [0.05, 0.1) is 6.10 Å². The van der Waals surface area contributed by atoms with Gasteiger partial charge in [-0.25, -0.2) is 0 Å². The Balaban J connectivity index is 2.37. The predicted molar refractivity (Wildman–Crippen MR) is 73.0 cm³/mol. The molecule has 0 amide bonds. The van der Waals surface area contributed by atoms with Crippen LogP contribution in [-0.2, 0) is 0 Å². The molecule has 1 unspecified atom stereocenters. The monoisotopic (exact) mass is 320 g/mol. The fourth-order valence-corrected chi connectivity index (χ4v) is 2.03. The van der Waals surface area contributed by atoms with Crippen molar-refractivity contribution >= 4 is 34.0 Å². The quantitative estimate of drug-likeness (QED) is 0.444. The van der Waals surface area contributed by atoms with Crippen molar-refractivity contribution in [3.63, 3.8) is 0 Å². The lowest BCUT2D eigenvalue weighted by Gasteiger charge is -2.09. The van der Waals surface area contributed by atoms with Gasteiger partial charge in [0.25, 0.3) is 0 Å². The Hall–Kier alpha value is -0.490. The first-order chi connectivity index (χ1) is 7.09. The van der Waals surface area contributed by atoms with E-state index in [-0.39, 0.29) is 6.10 Å². The van der Waals surface area contributed by atoms with Gasteiger partial charge in [-0.2, -0.15) is 0 Å². The van der Waals surface area contributed by atoms with Crippen molar-refractivity contribution in [3.8, 4) is 0 Å². The Labute approximate surface area is 104 Å². The van der Waals surface area contributed by atoms with Crippen LogP contribution in [0, 0.1) is 3.57 Å². The molecule has 0 heterocycles. The summed E-state index contributed by atoms with van der Waals surface area (Å²) in [7, 11) is 0. The maximum absolute atomic E-state index is 9.09. The molecule has 1 rings (SSSR count). The molecule has 0 saturated carbocycles. The minimum Gasteiger partial charge on any atom is -0.399 e. The highest BCUT2D eigenvalue weighted by Gasteiger charge is 2.00. The number of aliphatic hydroxyl groups is 1. The minimum absolute atomic E-state index is 0.211. The van der Waals surface area contributed by atoms with E-state index in [4.69, 9.17) is 10.8 Å². The van der Waals surface area contributed by atoms with Crippen LogP contribution in [0.25, 0.3) is 0 Å². The van der Waals surface area contributed by atoms with E-state index in [0.717, 1.165) is 34.3 Å². The van der Waals surface area contributed by atoms with Crippen LogP contribution in [-0.4, -0.2) is 17.8 Å². The van der Waals surface area contributed by atoms with Gasteiger partial charge in [-0.3, -0.25) is 0 Å². The third-order valence-corrected chi connectivity index (χ3v) is 3.00. The van der Waals surface area contributed by atoms with E-state index in [9.17, 15) is 0 Å². The molecule has 84 valence electrons. The van der Waals surface area contributed by atoms with E-state index in [1.165, 1.54) is 0 Å². The number of anilines is 2. The summed E-state index contributed by atoms with van der Waals surface area (Å²) < 4.78 is 1.13. The number of hydrogen-bond acceptors (Lipinski definition) is 3. The summed E-state index contributed by atoms with van der Waals surface area (Å²) in [6.07, 6.45) is 1.59. The van der Waals surface area contributed by atoms with Crippen molar-refractivity contribution in [3.05, 3.63) is 21.8 Å². The molecule has 0 aromatic heterocycles. The predicted octanol–water partition coefficient (Wildman–Crippen LogP) is 2.45. The van der Waals surface area contributed by atoms with Gasteiger partial charge in [-0.1, -0.05) is 0 Å². The Bertz CT molecular complexity index is 315. The van der Waals surface area contributed by atoms with E-state index in [0.29, 0.717) is 0 Å². The molecule has 0 bridgehead atoms. The zero-order valence-corrected chi connectivity index (χ0v) is 11.0. The summed E-state index contributed by atoms with van der Waals surface area (Å²) >= 11 is 2.26. The number of halogens is 1. The summed E-state index contributed by atoms with van der Waals surface area (Å²) in [5.41, 5.74) is 7.55. The molecule has 1 atom stereocenters. The average molecular weight is 320 g/mol. The fraction of sp³-hybridized carbons (Fsp3) is 0.455. The molecule has 0 aliphatic carbocycles. The zero-order valence-electron chi connectivity index (χ0n) is 8.83. The topological polar surface area (TPSA) is 58.3 Å². The van der Waals surface area contributed by atoms with Crippen LogP contribution < -0.4 is 11.1 Å². The molecular formula is C11H17IN2O. The van der Waals surface area contributed by atoms with Gasteiger partial charge >= 0.3 is 0 Å². The Morgan fingerprint density at radius 1 is 1.53 bits per heavy atom. The van der Waals surface area contributed by atoms with Gasteiger partial charge in [0.15, 0.2) is 0 Å². The standard InChI is InChI=1S/C11H17IN2O/c1-8(15)3-2-6-14-11-5-4-9(13)7-10(11)12/h4-5,7-8,14-15H,2-3,6,13H2,1H3. The van der Waals surface area contributed by atoms with Gasteiger partial charge in [0, 0.05) is 21.5 Å². The van der Waals surface area contributed by atoms with Gasteiger partial charge in [0.2, 0.25) is 0 Å². The van der Waals surface area contributed by atoms with Crippen molar-refractivity contribution in [1.29, 1.82) is 0 Å². The van der Waals surface area contributed by atoms with E-state index < -0.39 is 0 Å². The highest BCUT2D eigenvalue weighted by molar-refractivity contribution is 14.1. The first kappa shape index (κ1) is 12.6. The Kier molecular flexibility index (Phi) is 5.17. The number of aliphatic hydroxyl groups excluding tert-OH is 1. The maximum atomic E-state index is 9.09. The summed E-state index contributed by atoms with van der Waals surface area (Å²) in [6.45, 7) is 2.69. The second-order valence-electron chi connectivity index (χ2n) is 3.66. The van der Waals surface area contributed by atoms with Gasteiger partial charge < -0.3 is 16.2 Å². The molecule has 4 heteroatoms. The molecule has 0 fully saturated rings. The summed E-state index contributed by atoms with van der Waals surface area (Å²) in [5, 5.41) is 12.4. The van der Waals surface area contributed by atoms with Crippen LogP contribution in [0.15, 0.2) is 18.2 Å². The number of nitrogen functional groups attached to an aromatic ring is 1. The lowest BCUT2D eigenvalue weighted by atomic mass is 10.2. The Morgan fingerprint density at radius 2 is 2.27 bits per heavy atom. The fourth-order valence-electron chi connectivity index (χ4n) is 1.30.